The van der Waals surface area contributed by atoms with E-state index in [1.165, 1.54) is 0 Å². The zero-order valence-corrected chi connectivity index (χ0v) is 8.49. The molecule has 0 aromatic carbocycles. The molecule has 0 amide bonds. The Bertz CT molecular complexity index is 355. The summed E-state index contributed by atoms with van der Waals surface area (Å²) in [6, 6.07) is 0.554. The molecule has 1 fully saturated rings. The summed E-state index contributed by atoms with van der Waals surface area (Å²) < 4.78 is 4.49. The lowest BCUT2D eigenvalue weighted by atomic mass is 10.1. The molecular weight excluding hydrogens is 182 g/mol. The molecule has 0 aliphatic carbocycles. The van der Waals surface area contributed by atoms with Crippen LogP contribution in [-0.4, -0.2) is 34.2 Å². The van der Waals surface area contributed by atoms with Crippen molar-refractivity contribution in [3.05, 3.63) is 16.4 Å². The van der Waals surface area contributed by atoms with Gasteiger partial charge < -0.3 is 4.90 Å². The molecule has 1 N–H and O–H groups in total. The minimum atomic E-state index is -0.456. The molecule has 0 bridgehead atoms. The van der Waals surface area contributed by atoms with Crippen LogP contribution in [0.2, 0.25) is 0 Å². The Balaban J connectivity index is 2.05. The van der Waals surface area contributed by atoms with Crippen LogP contribution in [0, 0.1) is 0 Å². The van der Waals surface area contributed by atoms with E-state index in [1.54, 1.807) is 0 Å². The van der Waals surface area contributed by atoms with Crippen LogP contribution in [0.15, 0.2) is 9.32 Å². The number of H-pyrrole nitrogens is 1. The number of hydrogen-bond acceptors (Lipinski definition) is 4. The molecule has 1 aromatic rings. The summed E-state index contributed by atoms with van der Waals surface area (Å²) in [5, 5.41) is 3.72. The van der Waals surface area contributed by atoms with E-state index in [9.17, 15) is 4.79 Å². The quantitative estimate of drug-likeness (QED) is 0.752. The van der Waals surface area contributed by atoms with Crippen LogP contribution in [0.1, 0.15) is 32.0 Å². The van der Waals surface area contributed by atoms with Gasteiger partial charge in [-0.05, 0) is 26.8 Å². The second-order valence-corrected chi connectivity index (χ2v) is 4.05. The van der Waals surface area contributed by atoms with Crippen LogP contribution < -0.4 is 5.76 Å². The number of nitrogens with zero attached hydrogens (tertiary/aromatic N) is 2. The van der Waals surface area contributed by atoms with Crippen LogP contribution in [0.3, 0.4) is 0 Å². The monoisotopic (exact) mass is 197 g/mol. The number of nitrogens with one attached hydrogen (secondary N) is 1. The average Bonchev–Trinajstić information content (AvgIpc) is 2.70. The minimum Gasteiger partial charge on any atom is -0.300 e. The first kappa shape index (κ1) is 9.45. The highest BCUT2D eigenvalue weighted by Gasteiger charge is 2.27. The maximum atomic E-state index is 10.8. The van der Waals surface area contributed by atoms with Crippen molar-refractivity contribution in [1.82, 2.24) is 15.0 Å². The first-order chi connectivity index (χ1) is 6.66. The van der Waals surface area contributed by atoms with Gasteiger partial charge in [-0.25, -0.2) is 4.79 Å². The van der Waals surface area contributed by atoms with E-state index in [1.807, 2.05) is 0 Å². The summed E-state index contributed by atoms with van der Waals surface area (Å²) >= 11 is 0. The van der Waals surface area contributed by atoms with Crippen LogP contribution >= 0.6 is 0 Å². The number of aromatic amines is 1. The average molecular weight is 197 g/mol. The normalized spacial score (nSPS) is 23.5. The molecule has 2 heterocycles. The lowest BCUT2D eigenvalue weighted by Crippen LogP contribution is -2.28. The molecule has 2 rings (SSSR count). The molecule has 5 nitrogen and oxygen atoms in total. The smallest absolute Gasteiger partial charge is 0.300 e. The topological polar surface area (TPSA) is 62.1 Å². The van der Waals surface area contributed by atoms with E-state index in [0.717, 1.165) is 19.5 Å². The van der Waals surface area contributed by atoms with Gasteiger partial charge in [0.1, 0.15) is 0 Å². The maximum absolute atomic E-state index is 10.8. The first-order valence-electron chi connectivity index (χ1n) is 4.96. The first-order valence-corrected chi connectivity index (χ1v) is 4.96. The maximum Gasteiger partial charge on any atom is 0.438 e. The summed E-state index contributed by atoms with van der Waals surface area (Å²) in [5.74, 6) is 0.560. The van der Waals surface area contributed by atoms with E-state index in [0.29, 0.717) is 17.8 Å². The molecule has 1 aromatic heterocycles. The molecule has 1 aliphatic heterocycles. The van der Waals surface area contributed by atoms with Gasteiger partial charge in [0.05, 0.1) is 0 Å². The standard InChI is InChI=1S/C9H15N3O2/c1-6(2)12-4-3-7(5-12)8-10-9(13)14-11-8/h6-7H,3-5H2,1-2H3,(H,10,11,13)/t7-/m1/s1. The van der Waals surface area contributed by atoms with Gasteiger partial charge in [-0.15, -0.1) is 0 Å². The van der Waals surface area contributed by atoms with Crippen LogP contribution in [0.4, 0.5) is 0 Å². The molecule has 14 heavy (non-hydrogen) atoms. The number of likely N-dealkylation sites (tertiary alicyclic amines) is 1. The zero-order chi connectivity index (χ0) is 10.1. The lowest BCUT2D eigenvalue weighted by Gasteiger charge is -2.19. The van der Waals surface area contributed by atoms with E-state index < -0.39 is 5.76 Å². The molecule has 1 atom stereocenters. The van der Waals surface area contributed by atoms with Crippen molar-refractivity contribution in [2.75, 3.05) is 13.1 Å². The minimum absolute atomic E-state index is 0.323. The van der Waals surface area contributed by atoms with Gasteiger partial charge in [-0.1, -0.05) is 5.16 Å². The van der Waals surface area contributed by atoms with Crippen molar-refractivity contribution >= 4 is 0 Å². The Morgan fingerprint density at radius 2 is 2.43 bits per heavy atom. The summed E-state index contributed by atoms with van der Waals surface area (Å²) in [7, 11) is 0. The highest BCUT2D eigenvalue weighted by molar-refractivity contribution is 4.98. The summed E-state index contributed by atoms with van der Waals surface area (Å²) in [6.07, 6.45) is 1.04. The van der Waals surface area contributed by atoms with Crippen molar-refractivity contribution < 1.29 is 4.52 Å². The predicted octanol–water partition coefficient (Wildman–Crippen LogP) is 0.561. The third-order valence-electron chi connectivity index (χ3n) is 2.79. The molecule has 0 radical (unpaired) electrons. The number of rotatable bonds is 2. The third-order valence-corrected chi connectivity index (χ3v) is 2.79. The molecule has 5 heteroatoms. The fourth-order valence-corrected chi connectivity index (χ4v) is 1.90. The highest BCUT2D eigenvalue weighted by Crippen LogP contribution is 2.24. The molecular formula is C9H15N3O2. The van der Waals surface area contributed by atoms with Gasteiger partial charge >= 0.3 is 5.76 Å². The highest BCUT2D eigenvalue weighted by atomic mass is 16.5. The lowest BCUT2D eigenvalue weighted by molar-refractivity contribution is 0.271. The largest absolute Gasteiger partial charge is 0.438 e. The molecule has 0 spiro atoms. The van der Waals surface area contributed by atoms with Crippen molar-refractivity contribution in [2.24, 2.45) is 0 Å². The van der Waals surface area contributed by atoms with Crippen molar-refractivity contribution in [2.45, 2.75) is 32.2 Å². The second-order valence-electron chi connectivity index (χ2n) is 4.05. The van der Waals surface area contributed by atoms with Crippen molar-refractivity contribution in [3.8, 4) is 0 Å². The van der Waals surface area contributed by atoms with Crippen LogP contribution in [-0.2, 0) is 0 Å². The van der Waals surface area contributed by atoms with E-state index in [2.05, 4.69) is 33.4 Å². The van der Waals surface area contributed by atoms with Gasteiger partial charge in [-0.3, -0.25) is 9.51 Å². The summed E-state index contributed by atoms with van der Waals surface area (Å²) in [6.45, 7) is 6.37. The van der Waals surface area contributed by atoms with Gasteiger partial charge in [0.25, 0.3) is 0 Å². The van der Waals surface area contributed by atoms with Crippen LogP contribution in [0.5, 0.6) is 0 Å². The Morgan fingerprint density at radius 1 is 1.64 bits per heavy atom. The fourth-order valence-electron chi connectivity index (χ4n) is 1.90. The fraction of sp³-hybridized carbons (Fsp3) is 0.778. The predicted molar refractivity (Wildman–Crippen MR) is 51.2 cm³/mol. The van der Waals surface area contributed by atoms with Crippen LogP contribution in [0.25, 0.3) is 0 Å². The van der Waals surface area contributed by atoms with Crippen molar-refractivity contribution in [3.63, 3.8) is 0 Å². The van der Waals surface area contributed by atoms with Gasteiger partial charge in [0, 0.05) is 18.5 Å². The zero-order valence-electron chi connectivity index (χ0n) is 8.49. The van der Waals surface area contributed by atoms with Gasteiger partial charge in [0.15, 0.2) is 5.82 Å². The molecule has 0 saturated carbocycles. The Labute approximate surface area is 82.1 Å². The van der Waals surface area contributed by atoms with Gasteiger partial charge in [-0.2, -0.15) is 0 Å². The summed E-state index contributed by atoms with van der Waals surface area (Å²) in [5.41, 5.74) is 0. The number of hydrogen-bond donors (Lipinski definition) is 1. The summed E-state index contributed by atoms with van der Waals surface area (Å²) in [4.78, 5) is 15.8. The molecule has 78 valence electrons. The molecule has 1 aliphatic rings. The molecule has 0 unspecified atom stereocenters. The number of aromatic nitrogens is 2. The second kappa shape index (κ2) is 3.57. The Hall–Kier alpha value is -1.10. The third kappa shape index (κ3) is 1.72. The van der Waals surface area contributed by atoms with E-state index in [4.69, 9.17) is 0 Å². The molecule has 1 saturated heterocycles. The SMILES string of the molecule is CC(C)N1CC[C@@H](c2noc(=O)[nH]2)C1. The van der Waals surface area contributed by atoms with E-state index >= 15 is 0 Å². The van der Waals surface area contributed by atoms with Gasteiger partial charge in [0.2, 0.25) is 0 Å². The Morgan fingerprint density at radius 3 is 2.93 bits per heavy atom. The van der Waals surface area contributed by atoms with Crippen molar-refractivity contribution in [1.29, 1.82) is 0 Å². The Kier molecular flexibility index (Phi) is 2.41. The van der Waals surface area contributed by atoms with E-state index in [-0.39, 0.29) is 0 Å².